The molecular formula is C13H19N3O5S. The van der Waals surface area contributed by atoms with Crippen LogP contribution in [0.5, 0.6) is 0 Å². The molecule has 0 saturated carbocycles. The van der Waals surface area contributed by atoms with E-state index in [-0.39, 0.29) is 6.42 Å². The maximum atomic E-state index is 12.0. The van der Waals surface area contributed by atoms with E-state index in [4.69, 9.17) is 4.74 Å². The van der Waals surface area contributed by atoms with Gasteiger partial charge in [0.15, 0.2) is 0 Å². The van der Waals surface area contributed by atoms with Crippen molar-refractivity contribution in [3.63, 3.8) is 0 Å². The molecular weight excluding hydrogens is 310 g/mol. The van der Waals surface area contributed by atoms with Gasteiger partial charge in [-0.2, -0.15) is 13.1 Å². The molecule has 1 aromatic carbocycles. The van der Waals surface area contributed by atoms with Crippen LogP contribution >= 0.6 is 0 Å². The molecule has 1 saturated heterocycles. The number of nitrogens with one attached hydrogen (secondary N) is 2. The quantitative estimate of drug-likeness (QED) is 0.614. The highest BCUT2D eigenvalue weighted by molar-refractivity contribution is 7.87. The van der Waals surface area contributed by atoms with Crippen LogP contribution in [-0.4, -0.2) is 56.8 Å². The van der Waals surface area contributed by atoms with Crippen molar-refractivity contribution in [2.24, 2.45) is 0 Å². The SMILES string of the molecule is O=C(O)[C@H](Cc1ccccc1)NS(=O)(=O)NN1CCOCC1. The Hall–Kier alpha value is -1.52. The predicted molar refractivity (Wildman–Crippen MR) is 79.2 cm³/mol. The van der Waals surface area contributed by atoms with Gasteiger partial charge in [-0.15, -0.1) is 4.83 Å². The zero-order valence-corrected chi connectivity index (χ0v) is 12.8. The normalized spacial score (nSPS) is 18.0. The Morgan fingerprint density at radius 2 is 1.91 bits per heavy atom. The Kier molecular flexibility index (Phi) is 5.86. The van der Waals surface area contributed by atoms with Crippen LogP contribution in [0.3, 0.4) is 0 Å². The minimum Gasteiger partial charge on any atom is -0.480 e. The number of carbonyl (C=O) groups is 1. The van der Waals surface area contributed by atoms with Gasteiger partial charge in [0.05, 0.1) is 13.2 Å². The van der Waals surface area contributed by atoms with Crippen LogP contribution in [0.15, 0.2) is 30.3 Å². The zero-order chi connectivity index (χ0) is 16.0. The molecule has 122 valence electrons. The van der Waals surface area contributed by atoms with Crippen molar-refractivity contribution in [1.82, 2.24) is 14.6 Å². The molecule has 1 atom stereocenters. The molecule has 3 N–H and O–H groups in total. The first-order chi connectivity index (χ1) is 10.5. The minimum atomic E-state index is -3.96. The molecule has 1 heterocycles. The molecule has 0 bridgehead atoms. The summed E-state index contributed by atoms with van der Waals surface area (Å²) in [6.07, 6.45) is 0.0696. The van der Waals surface area contributed by atoms with Crippen LogP contribution in [0.25, 0.3) is 0 Å². The summed E-state index contributed by atoms with van der Waals surface area (Å²) < 4.78 is 31.4. The second-order valence-corrected chi connectivity index (χ2v) is 6.32. The molecule has 0 aliphatic carbocycles. The summed E-state index contributed by atoms with van der Waals surface area (Å²) in [4.78, 5) is 13.6. The van der Waals surface area contributed by atoms with E-state index >= 15 is 0 Å². The highest BCUT2D eigenvalue weighted by Gasteiger charge is 2.26. The molecule has 1 aromatic rings. The number of benzene rings is 1. The molecule has 2 rings (SSSR count). The first kappa shape index (κ1) is 16.8. The van der Waals surface area contributed by atoms with Crippen LogP contribution < -0.4 is 9.55 Å². The molecule has 1 aliphatic heterocycles. The van der Waals surface area contributed by atoms with Crippen molar-refractivity contribution in [2.75, 3.05) is 26.3 Å². The van der Waals surface area contributed by atoms with Crippen molar-refractivity contribution in [2.45, 2.75) is 12.5 Å². The second kappa shape index (κ2) is 7.65. The average molecular weight is 329 g/mol. The van der Waals surface area contributed by atoms with E-state index in [0.717, 1.165) is 5.56 Å². The molecule has 1 aliphatic rings. The standard InChI is InChI=1S/C13H19N3O5S/c17-13(18)12(10-11-4-2-1-3-5-11)14-22(19,20)15-16-6-8-21-9-7-16/h1-5,12,14-15H,6-10H2,(H,17,18)/t12-/m0/s1. The number of hydrogen-bond acceptors (Lipinski definition) is 5. The van der Waals surface area contributed by atoms with Gasteiger partial charge in [0.1, 0.15) is 6.04 Å². The molecule has 0 unspecified atom stereocenters. The second-order valence-electron chi connectivity index (χ2n) is 4.89. The lowest BCUT2D eigenvalue weighted by molar-refractivity contribution is -0.138. The summed E-state index contributed by atoms with van der Waals surface area (Å²) >= 11 is 0. The Balaban J connectivity index is 1.98. The molecule has 0 spiro atoms. The number of morpholine rings is 1. The Bertz CT molecular complexity index is 587. The number of hydrogen-bond donors (Lipinski definition) is 3. The van der Waals surface area contributed by atoms with Crippen molar-refractivity contribution >= 4 is 16.2 Å². The fourth-order valence-electron chi connectivity index (χ4n) is 2.07. The molecule has 8 nitrogen and oxygen atoms in total. The highest BCUT2D eigenvalue weighted by atomic mass is 32.2. The largest absolute Gasteiger partial charge is 0.480 e. The van der Waals surface area contributed by atoms with Crippen molar-refractivity contribution in [1.29, 1.82) is 0 Å². The van der Waals surface area contributed by atoms with E-state index < -0.39 is 22.2 Å². The third kappa shape index (κ3) is 5.35. The summed E-state index contributed by atoms with van der Waals surface area (Å²) in [5.41, 5.74) is 0.740. The lowest BCUT2D eigenvalue weighted by atomic mass is 10.1. The van der Waals surface area contributed by atoms with E-state index in [1.54, 1.807) is 24.3 Å². The number of ether oxygens (including phenoxy) is 1. The van der Waals surface area contributed by atoms with Gasteiger partial charge in [0.25, 0.3) is 10.2 Å². The predicted octanol–water partition coefficient (Wildman–Crippen LogP) is -0.646. The molecule has 0 radical (unpaired) electrons. The van der Waals surface area contributed by atoms with Gasteiger partial charge in [-0.25, -0.2) is 5.01 Å². The number of nitrogens with zero attached hydrogens (tertiary/aromatic N) is 1. The Morgan fingerprint density at radius 3 is 2.50 bits per heavy atom. The van der Waals surface area contributed by atoms with Gasteiger partial charge in [0.2, 0.25) is 0 Å². The Labute approximate surface area is 129 Å². The number of carboxylic acid groups (broad SMARTS) is 1. The van der Waals surface area contributed by atoms with E-state index in [0.29, 0.717) is 26.3 Å². The third-order valence-electron chi connectivity index (χ3n) is 3.14. The van der Waals surface area contributed by atoms with Gasteiger partial charge in [-0.05, 0) is 12.0 Å². The first-order valence-electron chi connectivity index (χ1n) is 6.85. The summed E-state index contributed by atoms with van der Waals surface area (Å²) in [6, 6.07) is 7.62. The Morgan fingerprint density at radius 1 is 1.27 bits per heavy atom. The lowest BCUT2D eigenvalue weighted by Crippen LogP contribution is -2.55. The van der Waals surface area contributed by atoms with Gasteiger partial charge in [-0.3, -0.25) is 4.79 Å². The fraction of sp³-hybridized carbons (Fsp3) is 0.462. The first-order valence-corrected chi connectivity index (χ1v) is 8.34. The van der Waals surface area contributed by atoms with Gasteiger partial charge in [-0.1, -0.05) is 30.3 Å². The molecule has 22 heavy (non-hydrogen) atoms. The third-order valence-corrected chi connectivity index (χ3v) is 4.23. The van der Waals surface area contributed by atoms with Crippen molar-refractivity contribution in [3.8, 4) is 0 Å². The lowest BCUT2D eigenvalue weighted by Gasteiger charge is -2.27. The van der Waals surface area contributed by atoms with Crippen LogP contribution in [0, 0.1) is 0 Å². The number of hydrazine groups is 1. The maximum Gasteiger partial charge on any atom is 0.322 e. The summed E-state index contributed by atoms with van der Waals surface area (Å²) in [6.45, 7) is 1.68. The van der Waals surface area contributed by atoms with Crippen LogP contribution in [0.4, 0.5) is 0 Å². The summed E-state index contributed by atoms with van der Waals surface area (Å²) in [5.74, 6) is -1.23. The number of aliphatic carboxylic acids is 1. The number of rotatable bonds is 7. The minimum absolute atomic E-state index is 0.0696. The van der Waals surface area contributed by atoms with E-state index in [2.05, 4.69) is 9.55 Å². The van der Waals surface area contributed by atoms with Crippen molar-refractivity contribution in [3.05, 3.63) is 35.9 Å². The molecule has 1 fully saturated rings. The zero-order valence-electron chi connectivity index (χ0n) is 11.9. The van der Waals surface area contributed by atoms with E-state index in [9.17, 15) is 18.3 Å². The maximum absolute atomic E-state index is 12.0. The molecule has 9 heteroatoms. The van der Waals surface area contributed by atoms with Gasteiger partial charge in [0, 0.05) is 13.1 Å². The topological polar surface area (TPSA) is 108 Å². The van der Waals surface area contributed by atoms with Crippen LogP contribution in [0.1, 0.15) is 5.56 Å². The van der Waals surface area contributed by atoms with E-state index in [1.807, 2.05) is 6.07 Å². The summed E-state index contributed by atoms with van der Waals surface area (Å²) in [7, 11) is -3.96. The van der Waals surface area contributed by atoms with Gasteiger partial charge < -0.3 is 9.84 Å². The molecule has 0 amide bonds. The molecule has 0 aromatic heterocycles. The highest BCUT2D eigenvalue weighted by Crippen LogP contribution is 2.04. The summed E-state index contributed by atoms with van der Waals surface area (Å²) in [5, 5.41) is 10.7. The fourth-order valence-corrected chi connectivity index (χ4v) is 3.20. The smallest absolute Gasteiger partial charge is 0.322 e. The number of carboxylic acids is 1. The monoisotopic (exact) mass is 329 g/mol. The van der Waals surface area contributed by atoms with Gasteiger partial charge >= 0.3 is 5.97 Å². The van der Waals surface area contributed by atoms with Crippen LogP contribution in [0.2, 0.25) is 0 Å². The van der Waals surface area contributed by atoms with Crippen molar-refractivity contribution < 1.29 is 23.1 Å². The van der Waals surface area contributed by atoms with E-state index in [1.165, 1.54) is 5.01 Å². The average Bonchev–Trinajstić information content (AvgIpc) is 2.48. The van der Waals surface area contributed by atoms with Crippen LogP contribution in [-0.2, 0) is 26.2 Å².